The van der Waals surface area contributed by atoms with Crippen LogP contribution in [0, 0.1) is 5.92 Å². The number of para-hydroxylation sites is 1. The summed E-state index contributed by atoms with van der Waals surface area (Å²) >= 11 is 5.64. The number of amides is 10. The standard InChI is InChI=1S/C49H72N12O16S2/c1-23(2)17-31(44(72)59-34(20-39(66)67)47(75)60-35(22-78)49(77)61-15-8-11-36(61)48(76)53-24(3)40(51)68)56-45(73)32(18-26-21-52-29-10-7-6-9-27(26)29)57-46(74)33(19-38(64)65)58-43(71)30(12-13-37(62)63)55-41(69)25(4)54-42(70)28(50)14-16-79-5/h6-7,9-10,21,23-25,28,30-36,52,78H,8,11-20,22,50H2,1-5H3,(H2,51,68)(H,53,76)(H,54,70)(H,55,69)(H,56,73)(H,57,74)(H,58,71)(H,59,72)(H,60,75)(H,62,63)(H,64,65)(H,66,67)/t24-,25-,28-,30-,31-,32-,33-,34-,35-,36-/m0/s1. The lowest BCUT2D eigenvalue weighted by molar-refractivity contribution is -0.143. The number of nitrogens with one attached hydrogen (secondary N) is 9. The summed E-state index contributed by atoms with van der Waals surface area (Å²) in [5.41, 5.74) is 12.2. The summed E-state index contributed by atoms with van der Waals surface area (Å²) in [7, 11) is 0. The Morgan fingerprint density at radius 3 is 1.76 bits per heavy atom. The van der Waals surface area contributed by atoms with Crippen molar-refractivity contribution < 1.29 is 77.6 Å². The van der Waals surface area contributed by atoms with E-state index in [-0.39, 0.29) is 43.9 Å². The van der Waals surface area contributed by atoms with Crippen molar-refractivity contribution in [2.45, 2.75) is 146 Å². The van der Waals surface area contributed by atoms with Crippen molar-refractivity contribution in [2.24, 2.45) is 17.4 Å². The topological polar surface area (TPSA) is 450 Å². The van der Waals surface area contributed by atoms with E-state index >= 15 is 0 Å². The van der Waals surface area contributed by atoms with Crippen LogP contribution in [0.4, 0.5) is 0 Å². The number of benzene rings is 1. The molecule has 0 saturated carbocycles. The molecule has 1 fully saturated rings. The molecule has 1 aliphatic heterocycles. The summed E-state index contributed by atoms with van der Waals surface area (Å²) in [5, 5.41) is 48.9. The summed E-state index contributed by atoms with van der Waals surface area (Å²) in [5.74, 6) is -14.4. The lowest BCUT2D eigenvalue weighted by atomic mass is 10.00. The largest absolute Gasteiger partial charge is 0.481 e. The highest BCUT2D eigenvalue weighted by Crippen LogP contribution is 2.21. The Labute approximate surface area is 464 Å². The molecule has 1 aliphatic rings. The van der Waals surface area contributed by atoms with Gasteiger partial charge in [-0.15, -0.1) is 0 Å². The summed E-state index contributed by atoms with van der Waals surface area (Å²) in [6.45, 7) is 6.06. The number of hydrogen-bond acceptors (Lipinski definition) is 16. The number of nitrogens with two attached hydrogens (primary N) is 2. The molecule has 30 heteroatoms. The van der Waals surface area contributed by atoms with E-state index in [4.69, 9.17) is 11.5 Å². The second kappa shape index (κ2) is 31.8. The van der Waals surface area contributed by atoms with Gasteiger partial charge < -0.3 is 79.2 Å². The van der Waals surface area contributed by atoms with E-state index in [0.717, 1.165) is 0 Å². The predicted molar refractivity (Wildman–Crippen MR) is 288 cm³/mol. The molecular formula is C49H72N12O16S2. The van der Waals surface area contributed by atoms with Crippen molar-refractivity contribution in [1.82, 2.24) is 52.4 Å². The summed E-state index contributed by atoms with van der Waals surface area (Å²) in [4.78, 5) is 175. The fourth-order valence-electron chi connectivity index (χ4n) is 8.23. The number of carbonyl (C=O) groups is 13. The number of aromatic nitrogens is 1. The zero-order valence-corrected chi connectivity index (χ0v) is 46.0. The maximum Gasteiger partial charge on any atom is 0.305 e. The van der Waals surface area contributed by atoms with Gasteiger partial charge in [0.1, 0.15) is 54.4 Å². The van der Waals surface area contributed by atoms with Crippen LogP contribution < -0.4 is 54.0 Å². The van der Waals surface area contributed by atoms with Crippen molar-refractivity contribution >= 4 is 112 Å². The molecule has 10 amide bonds. The Morgan fingerprint density at radius 2 is 1.20 bits per heavy atom. The van der Waals surface area contributed by atoms with Crippen molar-refractivity contribution in [3.05, 3.63) is 36.0 Å². The third kappa shape index (κ3) is 21.0. The maximum atomic E-state index is 14.5. The van der Waals surface area contributed by atoms with Gasteiger partial charge >= 0.3 is 17.9 Å². The lowest BCUT2D eigenvalue weighted by Gasteiger charge is -2.30. The molecule has 16 N–H and O–H groups in total. The van der Waals surface area contributed by atoms with Gasteiger partial charge in [-0.2, -0.15) is 24.4 Å². The van der Waals surface area contributed by atoms with Crippen LogP contribution in [0.25, 0.3) is 10.9 Å². The zero-order chi connectivity index (χ0) is 59.3. The van der Waals surface area contributed by atoms with E-state index < -0.39 is 163 Å². The zero-order valence-electron chi connectivity index (χ0n) is 44.3. The Balaban J connectivity index is 1.93. The van der Waals surface area contributed by atoms with Gasteiger partial charge in [-0.05, 0) is 75.5 Å². The first-order valence-corrected chi connectivity index (χ1v) is 27.3. The Hall–Kier alpha value is -7.47. The molecule has 3 rings (SSSR count). The monoisotopic (exact) mass is 1150 g/mol. The number of primary amides is 1. The Bertz CT molecular complexity index is 2570. The average Bonchev–Trinajstić information content (AvgIpc) is 4.05. The fraction of sp³-hybridized carbons (Fsp3) is 0.571. The van der Waals surface area contributed by atoms with Crippen LogP contribution in [-0.2, 0) is 68.7 Å². The molecule has 79 heavy (non-hydrogen) atoms. The first kappa shape index (κ1) is 65.8. The van der Waals surface area contributed by atoms with Crippen molar-refractivity contribution in [3.8, 4) is 0 Å². The summed E-state index contributed by atoms with van der Waals surface area (Å²) in [6, 6.07) is -7.78. The van der Waals surface area contributed by atoms with Crippen molar-refractivity contribution in [1.29, 1.82) is 0 Å². The summed E-state index contributed by atoms with van der Waals surface area (Å²) in [6.07, 6.45) is 0.355. The van der Waals surface area contributed by atoms with Gasteiger partial charge in [0.2, 0.25) is 59.1 Å². The predicted octanol–water partition coefficient (Wildman–Crippen LogP) is -3.02. The van der Waals surface area contributed by atoms with E-state index in [0.29, 0.717) is 28.6 Å². The van der Waals surface area contributed by atoms with Crippen molar-refractivity contribution in [3.63, 3.8) is 0 Å². The number of aromatic amines is 1. The molecule has 28 nitrogen and oxygen atoms in total. The molecule has 2 heterocycles. The molecule has 1 saturated heterocycles. The van der Waals surface area contributed by atoms with Crippen LogP contribution in [0.5, 0.6) is 0 Å². The third-order valence-corrected chi connectivity index (χ3v) is 13.5. The highest BCUT2D eigenvalue weighted by molar-refractivity contribution is 7.98. The van der Waals surface area contributed by atoms with Crippen molar-refractivity contribution in [2.75, 3.05) is 24.3 Å². The molecule has 2 aromatic rings. The summed E-state index contributed by atoms with van der Waals surface area (Å²) < 4.78 is 0. The molecule has 0 bridgehead atoms. The molecular weight excluding hydrogens is 1080 g/mol. The number of carbonyl (C=O) groups excluding carboxylic acids is 10. The Kier molecular flexibility index (Phi) is 26.5. The first-order valence-electron chi connectivity index (χ1n) is 25.3. The number of carboxylic acids is 3. The van der Waals surface area contributed by atoms with Crippen LogP contribution in [0.15, 0.2) is 30.5 Å². The number of likely N-dealkylation sites (tertiary alicyclic amines) is 1. The van der Waals surface area contributed by atoms with E-state index in [1.54, 1.807) is 38.1 Å². The molecule has 436 valence electrons. The van der Waals surface area contributed by atoms with Gasteiger partial charge in [-0.25, -0.2) is 0 Å². The number of aliphatic carboxylic acids is 3. The highest BCUT2D eigenvalue weighted by atomic mass is 32.2. The van der Waals surface area contributed by atoms with Crippen LogP contribution in [0.3, 0.4) is 0 Å². The first-order chi connectivity index (χ1) is 37.2. The maximum absolute atomic E-state index is 14.5. The molecule has 0 unspecified atom stereocenters. The number of nitrogens with zero attached hydrogens (tertiary/aromatic N) is 1. The average molecular weight is 1150 g/mol. The number of H-pyrrole nitrogens is 1. The number of rotatable bonds is 33. The van der Waals surface area contributed by atoms with Gasteiger partial charge in [-0.1, -0.05) is 32.0 Å². The Morgan fingerprint density at radius 1 is 0.671 bits per heavy atom. The van der Waals surface area contributed by atoms with E-state index in [9.17, 15) is 77.6 Å². The van der Waals surface area contributed by atoms with Gasteiger partial charge in [0.05, 0.1) is 18.9 Å². The van der Waals surface area contributed by atoms with Crippen LogP contribution >= 0.6 is 24.4 Å². The number of fused-ring (bicyclic) bond motifs is 1. The second-order valence-corrected chi connectivity index (χ2v) is 20.7. The fourth-order valence-corrected chi connectivity index (χ4v) is 8.96. The molecule has 0 spiro atoms. The van der Waals surface area contributed by atoms with Gasteiger partial charge in [0, 0.05) is 42.2 Å². The van der Waals surface area contributed by atoms with Crippen LogP contribution in [-0.4, -0.2) is 187 Å². The smallest absolute Gasteiger partial charge is 0.305 e. The quantitative estimate of drug-likeness (QED) is 0.0316. The van der Waals surface area contributed by atoms with Gasteiger partial charge in [-0.3, -0.25) is 62.3 Å². The number of carboxylic acid groups (broad SMARTS) is 3. The molecule has 1 aromatic carbocycles. The van der Waals surface area contributed by atoms with E-state index in [2.05, 4.69) is 60.1 Å². The minimum atomic E-state index is -1.99. The van der Waals surface area contributed by atoms with E-state index in [1.807, 2.05) is 6.26 Å². The molecule has 0 aliphatic carbocycles. The minimum absolute atomic E-state index is 0.0804. The number of hydrogen-bond donors (Lipinski definition) is 15. The van der Waals surface area contributed by atoms with Crippen LogP contribution in [0.2, 0.25) is 0 Å². The van der Waals surface area contributed by atoms with Gasteiger partial charge in [0.15, 0.2) is 0 Å². The molecule has 0 radical (unpaired) electrons. The van der Waals surface area contributed by atoms with E-state index in [1.165, 1.54) is 36.7 Å². The minimum Gasteiger partial charge on any atom is -0.481 e. The second-order valence-electron chi connectivity index (χ2n) is 19.3. The molecule has 1 aromatic heterocycles. The number of thioether (sulfide) groups is 1. The normalized spacial score (nSPS) is 16.5. The SMILES string of the molecule is CSCC[C@H](N)C(=O)N[C@@H](C)C(=O)N[C@@H](CCC(=O)O)C(=O)N[C@@H](CC(=O)O)C(=O)N[C@@H](Cc1c[nH]c2ccccc12)C(=O)N[C@@H](CC(C)C)C(=O)N[C@@H](CC(=O)O)C(=O)N[C@@H](CS)C(=O)N1CCC[C@H]1C(=O)N[C@@H](C)C(N)=O. The van der Waals surface area contributed by atoms with Crippen LogP contribution in [0.1, 0.15) is 84.6 Å². The third-order valence-electron chi connectivity index (χ3n) is 12.5. The number of thiol groups is 1. The lowest BCUT2D eigenvalue weighted by Crippen LogP contribution is -2.61. The van der Waals surface area contributed by atoms with Gasteiger partial charge in [0.25, 0.3) is 0 Å². The highest BCUT2D eigenvalue weighted by Gasteiger charge is 2.40. The molecule has 10 atom stereocenters.